The van der Waals surface area contributed by atoms with Crippen LogP contribution in [0, 0.1) is 5.92 Å². The monoisotopic (exact) mass is 312 g/mol. The number of ether oxygens (including phenoxy) is 1. The maximum atomic E-state index is 12.9. The summed E-state index contributed by atoms with van der Waals surface area (Å²) < 4.78 is 10.6. The number of fused-ring (bicyclic) bond motifs is 1. The molecule has 2 fully saturated rings. The highest BCUT2D eigenvalue weighted by Gasteiger charge is 2.47. The fourth-order valence-electron chi connectivity index (χ4n) is 3.58. The number of carbonyl (C=O) groups is 1. The van der Waals surface area contributed by atoms with E-state index in [1.54, 1.807) is 12.5 Å². The van der Waals surface area contributed by atoms with E-state index < -0.39 is 0 Å². The standard InChI is InChI=1S/C18H20N2O3/c19-18-5-7-23-11-16(18)9-20(12-18)17(21)14-3-1-2-13(8-14)15-4-6-22-10-15/h1-4,6,8,10,16H,5,7,9,11-12,19H2/t16-,18+/m0/s1. The first-order chi connectivity index (χ1) is 11.2. The molecule has 3 heterocycles. The minimum Gasteiger partial charge on any atom is -0.472 e. The number of benzene rings is 1. The van der Waals surface area contributed by atoms with Gasteiger partial charge in [0.05, 0.1) is 19.1 Å². The van der Waals surface area contributed by atoms with Gasteiger partial charge in [-0.25, -0.2) is 0 Å². The van der Waals surface area contributed by atoms with Gasteiger partial charge in [0.2, 0.25) is 0 Å². The van der Waals surface area contributed by atoms with Gasteiger partial charge in [-0.1, -0.05) is 12.1 Å². The van der Waals surface area contributed by atoms with Crippen molar-refractivity contribution in [1.82, 2.24) is 4.90 Å². The molecule has 1 aromatic carbocycles. The molecule has 5 nitrogen and oxygen atoms in total. The molecule has 1 amide bonds. The van der Waals surface area contributed by atoms with E-state index in [4.69, 9.17) is 14.9 Å². The van der Waals surface area contributed by atoms with Gasteiger partial charge < -0.3 is 19.8 Å². The Hall–Kier alpha value is -2.11. The molecule has 0 unspecified atom stereocenters. The number of rotatable bonds is 2. The number of likely N-dealkylation sites (tertiary alicyclic amines) is 1. The maximum absolute atomic E-state index is 12.9. The molecule has 0 radical (unpaired) electrons. The van der Waals surface area contributed by atoms with E-state index in [0.29, 0.717) is 31.9 Å². The largest absolute Gasteiger partial charge is 0.472 e. The number of hydrogen-bond acceptors (Lipinski definition) is 4. The molecular formula is C18H20N2O3. The Balaban J connectivity index is 1.57. The van der Waals surface area contributed by atoms with Crippen LogP contribution in [0.2, 0.25) is 0 Å². The van der Waals surface area contributed by atoms with Gasteiger partial charge in [0.25, 0.3) is 5.91 Å². The maximum Gasteiger partial charge on any atom is 0.253 e. The molecule has 2 aromatic rings. The molecule has 4 rings (SSSR count). The van der Waals surface area contributed by atoms with Crippen molar-refractivity contribution in [2.45, 2.75) is 12.0 Å². The molecule has 0 saturated carbocycles. The lowest BCUT2D eigenvalue weighted by molar-refractivity contribution is 0.0241. The van der Waals surface area contributed by atoms with E-state index >= 15 is 0 Å². The second kappa shape index (κ2) is 5.51. The van der Waals surface area contributed by atoms with Gasteiger partial charge in [-0.3, -0.25) is 4.79 Å². The smallest absolute Gasteiger partial charge is 0.253 e. The van der Waals surface area contributed by atoms with Gasteiger partial charge in [0.1, 0.15) is 0 Å². The first-order valence-electron chi connectivity index (χ1n) is 7.94. The molecule has 2 atom stereocenters. The molecule has 5 heteroatoms. The Morgan fingerprint density at radius 1 is 1.30 bits per heavy atom. The summed E-state index contributed by atoms with van der Waals surface area (Å²) in [5, 5.41) is 0. The Labute approximate surface area is 135 Å². The number of nitrogens with two attached hydrogens (primary N) is 1. The van der Waals surface area contributed by atoms with Crippen LogP contribution in [0.15, 0.2) is 47.3 Å². The number of furan rings is 1. The second-order valence-corrected chi connectivity index (χ2v) is 6.53. The van der Waals surface area contributed by atoms with Gasteiger partial charge in [0, 0.05) is 42.3 Å². The van der Waals surface area contributed by atoms with E-state index in [0.717, 1.165) is 17.5 Å². The van der Waals surface area contributed by atoms with Gasteiger partial charge in [-0.05, 0) is 30.2 Å². The quantitative estimate of drug-likeness (QED) is 0.922. The van der Waals surface area contributed by atoms with Crippen LogP contribution in [-0.2, 0) is 4.74 Å². The second-order valence-electron chi connectivity index (χ2n) is 6.53. The summed E-state index contributed by atoms with van der Waals surface area (Å²) in [6.07, 6.45) is 4.13. The predicted molar refractivity (Wildman–Crippen MR) is 85.9 cm³/mol. The highest BCUT2D eigenvalue weighted by Crippen LogP contribution is 2.33. The first-order valence-corrected chi connectivity index (χ1v) is 7.94. The van der Waals surface area contributed by atoms with Crippen LogP contribution in [0.4, 0.5) is 0 Å². The molecule has 0 aliphatic carbocycles. The molecular weight excluding hydrogens is 292 g/mol. The highest BCUT2D eigenvalue weighted by molar-refractivity contribution is 5.95. The van der Waals surface area contributed by atoms with Crippen molar-refractivity contribution in [3.05, 3.63) is 48.4 Å². The minimum absolute atomic E-state index is 0.0366. The number of amides is 1. The molecule has 2 aliphatic heterocycles. The van der Waals surface area contributed by atoms with Crippen LogP contribution in [0.1, 0.15) is 16.8 Å². The van der Waals surface area contributed by atoms with Crippen molar-refractivity contribution in [2.24, 2.45) is 11.7 Å². The summed E-state index contributed by atoms with van der Waals surface area (Å²) in [6.45, 7) is 2.61. The van der Waals surface area contributed by atoms with E-state index in [2.05, 4.69) is 0 Å². The van der Waals surface area contributed by atoms with Crippen molar-refractivity contribution in [3.8, 4) is 11.1 Å². The molecule has 2 N–H and O–H groups in total. The Bertz CT molecular complexity index is 713. The third-order valence-electron chi connectivity index (χ3n) is 5.02. The van der Waals surface area contributed by atoms with E-state index in [-0.39, 0.29) is 17.4 Å². The summed E-state index contributed by atoms with van der Waals surface area (Å²) in [7, 11) is 0. The average Bonchev–Trinajstić information content (AvgIpc) is 3.21. The topological polar surface area (TPSA) is 68.7 Å². The molecule has 2 aliphatic rings. The average molecular weight is 312 g/mol. The molecule has 23 heavy (non-hydrogen) atoms. The molecule has 120 valence electrons. The Kier molecular flexibility index (Phi) is 3.47. The lowest BCUT2D eigenvalue weighted by Gasteiger charge is -2.34. The SMILES string of the molecule is N[C@@]12CCOC[C@@H]1CN(C(=O)c1cccc(-c3ccoc3)c1)C2. The van der Waals surface area contributed by atoms with Crippen LogP contribution < -0.4 is 5.73 Å². The summed E-state index contributed by atoms with van der Waals surface area (Å²) >= 11 is 0. The normalized spacial score (nSPS) is 27.0. The summed E-state index contributed by atoms with van der Waals surface area (Å²) in [4.78, 5) is 14.7. The third kappa shape index (κ3) is 2.56. The van der Waals surface area contributed by atoms with Gasteiger partial charge in [-0.15, -0.1) is 0 Å². The first kappa shape index (κ1) is 14.5. The zero-order valence-electron chi connectivity index (χ0n) is 12.9. The van der Waals surface area contributed by atoms with E-state index in [1.807, 2.05) is 35.2 Å². The Morgan fingerprint density at radius 3 is 3.00 bits per heavy atom. The predicted octanol–water partition coefficient (Wildman–Crippen LogP) is 2.14. The molecule has 0 spiro atoms. The number of carbonyl (C=O) groups excluding carboxylic acids is 1. The zero-order valence-corrected chi connectivity index (χ0v) is 12.9. The van der Waals surface area contributed by atoms with Crippen molar-refractivity contribution in [1.29, 1.82) is 0 Å². The zero-order chi connectivity index (χ0) is 15.9. The van der Waals surface area contributed by atoms with Crippen molar-refractivity contribution >= 4 is 5.91 Å². The Morgan fingerprint density at radius 2 is 2.22 bits per heavy atom. The van der Waals surface area contributed by atoms with E-state index in [9.17, 15) is 4.79 Å². The van der Waals surface area contributed by atoms with Crippen LogP contribution in [0.25, 0.3) is 11.1 Å². The number of hydrogen-bond donors (Lipinski definition) is 1. The summed E-state index contributed by atoms with van der Waals surface area (Å²) in [5.74, 6) is 0.270. The van der Waals surface area contributed by atoms with Crippen LogP contribution in [-0.4, -0.2) is 42.6 Å². The van der Waals surface area contributed by atoms with E-state index in [1.165, 1.54) is 0 Å². The van der Waals surface area contributed by atoms with Gasteiger partial charge in [0.15, 0.2) is 0 Å². The number of nitrogens with zero attached hydrogens (tertiary/aromatic N) is 1. The fourth-order valence-corrected chi connectivity index (χ4v) is 3.58. The lowest BCUT2D eigenvalue weighted by atomic mass is 9.84. The highest BCUT2D eigenvalue weighted by atomic mass is 16.5. The minimum atomic E-state index is -0.296. The van der Waals surface area contributed by atoms with Crippen LogP contribution in [0.3, 0.4) is 0 Å². The van der Waals surface area contributed by atoms with Crippen molar-refractivity contribution in [2.75, 3.05) is 26.3 Å². The molecule has 1 aromatic heterocycles. The third-order valence-corrected chi connectivity index (χ3v) is 5.02. The van der Waals surface area contributed by atoms with Gasteiger partial charge >= 0.3 is 0 Å². The summed E-state index contributed by atoms with van der Waals surface area (Å²) in [5.41, 5.74) is 8.83. The fraction of sp³-hybridized carbons (Fsp3) is 0.389. The molecule has 0 bridgehead atoms. The van der Waals surface area contributed by atoms with Crippen LogP contribution in [0.5, 0.6) is 0 Å². The van der Waals surface area contributed by atoms with Crippen LogP contribution >= 0.6 is 0 Å². The van der Waals surface area contributed by atoms with Gasteiger partial charge in [-0.2, -0.15) is 0 Å². The summed E-state index contributed by atoms with van der Waals surface area (Å²) in [6, 6.07) is 9.53. The van der Waals surface area contributed by atoms with Crippen molar-refractivity contribution < 1.29 is 13.9 Å². The lowest BCUT2D eigenvalue weighted by Crippen LogP contribution is -2.52. The van der Waals surface area contributed by atoms with Crippen molar-refractivity contribution in [3.63, 3.8) is 0 Å². The molecule has 2 saturated heterocycles.